The average molecular weight is 466 g/mol. The van der Waals surface area contributed by atoms with Crippen molar-refractivity contribution in [3.8, 4) is 0 Å². The molecule has 1 aliphatic carbocycles. The lowest BCUT2D eigenvalue weighted by atomic mass is 9.88. The minimum atomic E-state index is -0.0407. The fraction of sp³-hybridized carbons (Fsp3) is 0.562. The summed E-state index contributed by atoms with van der Waals surface area (Å²) in [5, 5.41) is 2.93. The minimum absolute atomic E-state index is 0.0407. The van der Waals surface area contributed by atoms with Crippen LogP contribution in [-0.2, 0) is 4.74 Å². The Balaban J connectivity index is 1.75. The number of hydrogen-bond acceptors (Lipinski definition) is 2. The van der Waals surface area contributed by atoms with Gasteiger partial charge >= 0.3 is 0 Å². The first kappa shape index (κ1) is 17.2. The van der Waals surface area contributed by atoms with Crippen LogP contribution < -0.4 is 5.32 Å². The van der Waals surface area contributed by atoms with Gasteiger partial charge in [0.05, 0.1) is 18.3 Å². The van der Waals surface area contributed by atoms with Crippen LogP contribution >= 0.6 is 38.5 Å². The van der Waals surface area contributed by atoms with Crippen LogP contribution in [0.15, 0.2) is 22.7 Å². The van der Waals surface area contributed by atoms with Crippen molar-refractivity contribution in [2.24, 2.45) is 5.92 Å². The summed E-state index contributed by atoms with van der Waals surface area (Å²) in [5.41, 5.74) is 0.705. The van der Waals surface area contributed by atoms with Crippen molar-refractivity contribution in [2.75, 3.05) is 13.2 Å². The Morgan fingerprint density at radius 2 is 2.19 bits per heavy atom. The van der Waals surface area contributed by atoms with E-state index in [1.807, 2.05) is 18.2 Å². The molecule has 0 aromatic heterocycles. The lowest BCUT2D eigenvalue weighted by Crippen LogP contribution is -2.32. The quantitative estimate of drug-likeness (QED) is 0.517. The van der Waals surface area contributed by atoms with Crippen molar-refractivity contribution in [2.45, 2.75) is 38.7 Å². The lowest BCUT2D eigenvalue weighted by Gasteiger charge is -2.28. The number of ether oxygens (including phenoxy) is 1. The maximum atomic E-state index is 12.1. The lowest BCUT2D eigenvalue weighted by molar-refractivity contribution is -0.00294. The minimum Gasteiger partial charge on any atom is -0.376 e. The van der Waals surface area contributed by atoms with Gasteiger partial charge in [0.2, 0.25) is 0 Å². The molecule has 0 aliphatic heterocycles. The number of halogens is 2. The SMILES string of the molecule is CC1CCCCC1OCCNC(=O)c1cc(Br)ccc1I. The summed E-state index contributed by atoms with van der Waals surface area (Å²) in [6.45, 7) is 3.40. The third-order valence-corrected chi connectivity index (χ3v) is 5.36. The fourth-order valence-electron chi connectivity index (χ4n) is 2.67. The molecule has 1 aromatic carbocycles. The number of benzene rings is 1. The summed E-state index contributed by atoms with van der Waals surface area (Å²) < 4.78 is 7.78. The Hall–Kier alpha value is -0.140. The Morgan fingerprint density at radius 1 is 1.43 bits per heavy atom. The molecule has 2 atom stereocenters. The van der Waals surface area contributed by atoms with E-state index in [1.165, 1.54) is 19.3 Å². The topological polar surface area (TPSA) is 38.3 Å². The molecular weight excluding hydrogens is 445 g/mol. The zero-order valence-electron chi connectivity index (χ0n) is 12.2. The monoisotopic (exact) mass is 465 g/mol. The summed E-state index contributed by atoms with van der Waals surface area (Å²) in [7, 11) is 0. The number of hydrogen-bond donors (Lipinski definition) is 1. The molecule has 2 unspecified atom stereocenters. The predicted molar refractivity (Wildman–Crippen MR) is 96.6 cm³/mol. The van der Waals surface area contributed by atoms with Crippen molar-refractivity contribution in [1.29, 1.82) is 0 Å². The van der Waals surface area contributed by atoms with Crippen molar-refractivity contribution in [3.63, 3.8) is 0 Å². The number of rotatable bonds is 5. The largest absolute Gasteiger partial charge is 0.376 e. The van der Waals surface area contributed by atoms with E-state index in [2.05, 4.69) is 50.8 Å². The molecule has 0 radical (unpaired) electrons. The highest BCUT2D eigenvalue weighted by Gasteiger charge is 2.21. The van der Waals surface area contributed by atoms with Crippen LogP contribution in [0.4, 0.5) is 0 Å². The van der Waals surface area contributed by atoms with E-state index < -0.39 is 0 Å². The predicted octanol–water partition coefficient (Wildman–Crippen LogP) is 4.38. The molecule has 1 saturated carbocycles. The van der Waals surface area contributed by atoms with Crippen molar-refractivity contribution in [3.05, 3.63) is 31.8 Å². The van der Waals surface area contributed by atoms with Crippen LogP contribution in [0, 0.1) is 9.49 Å². The van der Waals surface area contributed by atoms with E-state index in [0.717, 1.165) is 14.5 Å². The second-order valence-electron chi connectivity index (χ2n) is 5.55. The molecule has 0 spiro atoms. The third-order valence-electron chi connectivity index (χ3n) is 3.93. The van der Waals surface area contributed by atoms with E-state index in [9.17, 15) is 4.79 Å². The van der Waals surface area contributed by atoms with Gasteiger partial charge in [-0.15, -0.1) is 0 Å². The van der Waals surface area contributed by atoms with Gasteiger partial charge in [-0.2, -0.15) is 0 Å². The van der Waals surface area contributed by atoms with E-state index in [1.54, 1.807) is 0 Å². The molecule has 3 nitrogen and oxygen atoms in total. The van der Waals surface area contributed by atoms with Crippen LogP contribution in [0.1, 0.15) is 43.0 Å². The fourth-order valence-corrected chi connectivity index (χ4v) is 3.61. The molecule has 116 valence electrons. The molecule has 1 N–H and O–H groups in total. The summed E-state index contributed by atoms with van der Waals surface area (Å²) in [5.74, 6) is 0.599. The molecule has 1 aromatic rings. The van der Waals surface area contributed by atoms with E-state index in [0.29, 0.717) is 30.7 Å². The molecule has 0 bridgehead atoms. The van der Waals surface area contributed by atoms with E-state index in [-0.39, 0.29) is 5.91 Å². The van der Waals surface area contributed by atoms with E-state index in [4.69, 9.17) is 4.74 Å². The number of carbonyl (C=O) groups is 1. The molecular formula is C16H21BrINO2. The van der Waals surface area contributed by atoms with Crippen LogP contribution in [0.25, 0.3) is 0 Å². The summed E-state index contributed by atoms with van der Waals surface area (Å²) in [4.78, 5) is 12.1. The average Bonchev–Trinajstić information content (AvgIpc) is 2.47. The first-order chi connectivity index (χ1) is 10.1. The van der Waals surface area contributed by atoms with Crippen LogP contribution in [0.2, 0.25) is 0 Å². The molecule has 5 heteroatoms. The smallest absolute Gasteiger partial charge is 0.252 e. The third kappa shape index (κ3) is 5.21. The maximum Gasteiger partial charge on any atom is 0.252 e. The highest BCUT2D eigenvalue weighted by Crippen LogP contribution is 2.26. The molecule has 1 amide bonds. The van der Waals surface area contributed by atoms with Crippen LogP contribution in [0.5, 0.6) is 0 Å². The van der Waals surface area contributed by atoms with Gasteiger partial charge in [-0.05, 0) is 59.5 Å². The van der Waals surface area contributed by atoms with Crippen LogP contribution in [-0.4, -0.2) is 25.2 Å². The molecule has 1 fully saturated rings. The van der Waals surface area contributed by atoms with Crippen molar-refractivity contribution in [1.82, 2.24) is 5.32 Å². The first-order valence-electron chi connectivity index (χ1n) is 7.43. The van der Waals surface area contributed by atoms with Gasteiger partial charge < -0.3 is 10.1 Å². The van der Waals surface area contributed by atoms with Gasteiger partial charge in [0.25, 0.3) is 5.91 Å². The normalized spacial score (nSPS) is 22.0. The second-order valence-corrected chi connectivity index (χ2v) is 7.63. The zero-order valence-corrected chi connectivity index (χ0v) is 15.9. The van der Waals surface area contributed by atoms with Crippen molar-refractivity contribution < 1.29 is 9.53 Å². The maximum absolute atomic E-state index is 12.1. The van der Waals surface area contributed by atoms with Crippen LogP contribution in [0.3, 0.4) is 0 Å². The highest BCUT2D eigenvalue weighted by molar-refractivity contribution is 14.1. The van der Waals surface area contributed by atoms with Gasteiger partial charge in [0.1, 0.15) is 0 Å². The highest BCUT2D eigenvalue weighted by atomic mass is 127. The molecule has 0 saturated heterocycles. The number of amides is 1. The van der Waals surface area contributed by atoms with Gasteiger partial charge in [0.15, 0.2) is 0 Å². The zero-order chi connectivity index (χ0) is 15.2. The molecule has 0 heterocycles. The van der Waals surface area contributed by atoms with Gasteiger partial charge in [-0.25, -0.2) is 0 Å². The van der Waals surface area contributed by atoms with Gasteiger partial charge in [-0.1, -0.05) is 35.7 Å². The number of nitrogens with one attached hydrogen (secondary N) is 1. The second kappa shape index (κ2) is 8.48. The number of carbonyl (C=O) groups excluding carboxylic acids is 1. The van der Waals surface area contributed by atoms with Crippen molar-refractivity contribution >= 4 is 44.4 Å². The standard InChI is InChI=1S/C16H21BrINO2/c1-11-4-2-3-5-15(11)21-9-8-19-16(20)13-10-12(17)6-7-14(13)18/h6-7,10-11,15H,2-5,8-9H2,1H3,(H,19,20). The van der Waals surface area contributed by atoms with Gasteiger partial charge in [0, 0.05) is 14.6 Å². The first-order valence-corrected chi connectivity index (χ1v) is 9.30. The molecule has 2 rings (SSSR count). The summed E-state index contributed by atoms with van der Waals surface area (Å²) >= 11 is 5.58. The summed E-state index contributed by atoms with van der Waals surface area (Å²) in [6.07, 6.45) is 5.35. The van der Waals surface area contributed by atoms with Gasteiger partial charge in [-0.3, -0.25) is 4.79 Å². The Morgan fingerprint density at radius 3 is 2.95 bits per heavy atom. The Kier molecular flexibility index (Phi) is 6.95. The summed E-state index contributed by atoms with van der Waals surface area (Å²) in [6, 6.07) is 5.72. The Labute approximate surface area is 148 Å². The molecule has 1 aliphatic rings. The molecule has 21 heavy (non-hydrogen) atoms. The van der Waals surface area contributed by atoms with E-state index >= 15 is 0 Å². The Bertz CT molecular complexity index is 495.